The molecule has 168 valence electrons. The van der Waals surface area contributed by atoms with Gasteiger partial charge in [0.15, 0.2) is 5.60 Å². The average molecular weight is 465 g/mol. The molecular formula is C23H29ClN2O4S. The second kappa shape index (κ2) is 9.18. The summed E-state index contributed by atoms with van der Waals surface area (Å²) in [4.78, 5) is 13.1. The minimum absolute atomic E-state index is 0.106. The van der Waals surface area contributed by atoms with E-state index in [-0.39, 0.29) is 16.8 Å². The van der Waals surface area contributed by atoms with E-state index < -0.39 is 15.6 Å². The zero-order valence-corrected chi connectivity index (χ0v) is 19.9. The van der Waals surface area contributed by atoms with Crippen LogP contribution in [0.1, 0.15) is 37.8 Å². The second-order valence-electron chi connectivity index (χ2n) is 8.49. The Labute approximate surface area is 189 Å². The van der Waals surface area contributed by atoms with Gasteiger partial charge in [-0.25, -0.2) is 8.42 Å². The highest BCUT2D eigenvalue weighted by atomic mass is 35.5. The van der Waals surface area contributed by atoms with Crippen LogP contribution in [-0.2, 0) is 14.8 Å². The Morgan fingerprint density at radius 2 is 1.71 bits per heavy atom. The Morgan fingerprint density at radius 3 is 2.32 bits per heavy atom. The Balaban J connectivity index is 1.59. The number of carbonyl (C=O) groups is 1. The molecule has 0 aromatic heterocycles. The number of nitrogens with one attached hydrogen (secondary N) is 1. The summed E-state index contributed by atoms with van der Waals surface area (Å²) in [5.74, 6) is 0.469. The van der Waals surface area contributed by atoms with Crippen molar-refractivity contribution in [3.05, 3.63) is 58.6 Å². The number of sulfonamides is 1. The van der Waals surface area contributed by atoms with Crippen molar-refractivity contribution < 1.29 is 17.9 Å². The Bertz CT molecular complexity index is 1040. The zero-order chi connectivity index (χ0) is 22.8. The van der Waals surface area contributed by atoms with E-state index in [1.165, 1.54) is 16.4 Å². The molecule has 1 N–H and O–H groups in total. The third-order valence-electron chi connectivity index (χ3n) is 5.50. The first-order chi connectivity index (χ1) is 14.5. The molecule has 0 bridgehead atoms. The van der Waals surface area contributed by atoms with Gasteiger partial charge in [0.25, 0.3) is 5.91 Å². The molecule has 1 heterocycles. The third kappa shape index (κ3) is 5.59. The largest absolute Gasteiger partial charge is 0.478 e. The molecule has 0 unspecified atom stereocenters. The zero-order valence-electron chi connectivity index (χ0n) is 18.3. The van der Waals surface area contributed by atoms with Crippen LogP contribution in [0.15, 0.2) is 47.4 Å². The predicted molar refractivity (Wildman–Crippen MR) is 122 cm³/mol. The first-order valence-corrected chi connectivity index (χ1v) is 12.1. The first-order valence-electron chi connectivity index (χ1n) is 10.3. The molecule has 3 rings (SSSR count). The van der Waals surface area contributed by atoms with Crippen molar-refractivity contribution in [3.8, 4) is 5.75 Å². The van der Waals surface area contributed by atoms with Crippen molar-refractivity contribution in [2.45, 2.75) is 57.1 Å². The van der Waals surface area contributed by atoms with Crippen LogP contribution in [0.25, 0.3) is 0 Å². The van der Waals surface area contributed by atoms with E-state index in [1.54, 1.807) is 26.0 Å². The lowest BCUT2D eigenvalue weighted by molar-refractivity contribution is -0.135. The fourth-order valence-corrected chi connectivity index (χ4v) is 5.09. The van der Waals surface area contributed by atoms with Gasteiger partial charge in [0.05, 0.1) is 4.90 Å². The lowest BCUT2D eigenvalue weighted by atomic mass is 10.0. The molecule has 8 heteroatoms. The van der Waals surface area contributed by atoms with Crippen LogP contribution in [0.3, 0.4) is 0 Å². The summed E-state index contributed by atoms with van der Waals surface area (Å²) in [7, 11) is -3.57. The quantitative estimate of drug-likeness (QED) is 0.698. The monoisotopic (exact) mass is 464 g/mol. The number of amides is 1. The third-order valence-corrected chi connectivity index (χ3v) is 7.66. The highest BCUT2D eigenvalue weighted by Gasteiger charge is 2.35. The molecule has 0 spiro atoms. The number of hydrogen-bond acceptors (Lipinski definition) is 4. The van der Waals surface area contributed by atoms with E-state index in [0.29, 0.717) is 36.7 Å². The van der Waals surface area contributed by atoms with Crippen molar-refractivity contribution in [2.24, 2.45) is 0 Å². The van der Waals surface area contributed by atoms with Gasteiger partial charge in [0.1, 0.15) is 5.75 Å². The van der Waals surface area contributed by atoms with Gasteiger partial charge >= 0.3 is 0 Å². The molecular weight excluding hydrogens is 436 g/mol. The number of carbonyl (C=O) groups excluding carboxylic acids is 1. The van der Waals surface area contributed by atoms with Gasteiger partial charge in [-0.1, -0.05) is 23.7 Å². The molecule has 1 aliphatic heterocycles. The highest BCUT2D eigenvalue weighted by Crippen LogP contribution is 2.26. The SMILES string of the molecule is Cc1ccc(C)c(OC(C)(C)C(=O)NC2CCN(S(=O)(=O)c3ccc(Cl)cc3)CC2)c1. The van der Waals surface area contributed by atoms with E-state index in [2.05, 4.69) is 5.32 Å². The number of hydrogen-bond donors (Lipinski definition) is 1. The summed E-state index contributed by atoms with van der Waals surface area (Å²) >= 11 is 5.86. The smallest absolute Gasteiger partial charge is 0.263 e. The Kier molecular flexibility index (Phi) is 6.98. The second-order valence-corrected chi connectivity index (χ2v) is 10.9. The van der Waals surface area contributed by atoms with E-state index in [0.717, 1.165) is 11.1 Å². The maximum atomic E-state index is 12.9. The van der Waals surface area contributed by atoms with Crippen molar-refractivity contribution in [1.29, 1.82) is 0 Å². The van der Waals surface area contributed by atoms with Gasteiger partial charge in [-0.15, -0.1) is 0 Å². The van der Waals surface area contributed by atoms with E-state index >= 15 is 0 Å². The Hall–Kier alpha value is -2.09. The lowest BCUT2D eigenvalue weighted by Gasteiger charge is -2.34. The summed E-state index contributed by atoms with van der Waals surface area (Å²) in [6.45, 7) is 8.08. The number of aryl methyl sites for hydroxylation is 2. The normalized spacial score (nSPS) is 16.2. The minimum atomic E-state index is -3.57. The molecule has 0 radical (unpaired) electrons. The molecule has 1 saturated heterocycles. The minimum Gasteiger partial charge on any atom is -0.478 e. The van der Waals surface area contributed by atoms with Crippen molar-refractivity contribution in [1.82, 2.24) is 9.62 Å². The number of halogens is 1. The van der Waals surface area contributed by atoms with Crippen LogP contribution in [0.2, 0.25) is 5.02 Å². The fourth-order valence-electron chi connectivity index (χ4n) is 3.49. The topological polar surface area (TPSA) is 75.7 Å². The van der Waals surface area contributed by atoms with Gasteiger partial charge in [-0.2, -0.15) is 4.31 Å². The van der Waals surface area contributed by atoms with Crippen molar-refractivity contribution in [3.63, 3.8) is 0 Å². The van der Waals surface area contributed by atoms with Crippen molar-refractivity contribution in [2.75, 3.05) is 13.1 Å². The van der Waals surface area contributed by atoms with Gasteiger partial charge in [-0.05, 0) is 82.0 Å². The predicted octanol–water partition coefficient (Wildman–Crippen LogP) is 4.08. The number of rotatable bonds is 6. The van der Waals surface area contributed by atoms with Gasteiger partial charge in [0, 0.05) is 24.2 Å². The Morgan fingerprint density at radius 1 is 1.10 bits per heavy atom. The van der Waals surface area contributed by atoms with Crippen LogP contribution in [0.5, 0.6) is 5.75 Å². The number of piperidine rings is 1. The highest BCUT2D eigenvalue weighted by molar-refractivity contribution is 7.89. The molecule has 0 aliphatic carbocycles. The molecule has 1 aliphatic rings. The fraction of sp³-hybridized carbons (Fsp3) is 0.435. The molecule has 0 saturated carbocycles. The molecule has 2 aromatic rings. The molecule has 31 heavy (non-hydrogen) atoms. The van der Waals surface area contributed by atoms with E-state index in [1.807, 2.05) is 32.0 Å². The summed E-state index contributed by atoms with van der Waals surface area (Å²) < 4.78 is 33.1. The molecule has 0 atom stereocenters. The standard InChI is InChI=1S/C23H29ClN2O4S/c1-16-5-6-17(2)21(15-16)30-23(3,4)22(27)25-19-11-13-26(14-12-19)31(28,29)20-9-7-18(24)8-10-20/h5-10,15,19H,11-14H2,1-4H3,(H,25,27). The van der Waals surface area contributed by atoms with Crippen LogP contribution in [0, 0.1) is 13.8 Å². The van der Waals surface area contributed by atoms with Gasteiger partial charge in [-0.3, -0.25) is 4.79 Å². The summed E-state index contributed by atoms with van der Waals surface area (Å²) in [6, 6.07) is 11.9. The van der Waals surface area contributed by atoms with Crippen LogP contribution >= 0.6 is 11.6 Å². The first kappa shape index (κ1) is 23.6. The molecule has 6 nitrogen and oxygen atoms in total. The van der Waals surface area contributed by atoms with E-state index in [4.69, 9.17) is 16.3 Å². The van der Waals surface area contributed by atoms with Gasteiger partial charge < -0.3 is 10.1 Å². The number of nitrogens with zero attached hydrogens (tertiary/aromatic N) is 1. The van der Waals surface area contributed by atoms with Crippen LogP contribution < -0.4 is 10.1 Å². The lowest BCUT2D eigenvalue weighted by Crippen LogP contribution is -2.53. The van der Waals surface area contributed by atoms with Crippen LogP contribution in [-0.4, -0.2) is 43.4 Å². The summed E-state index contributed by atoms with van der Waals surface area (Å²) in [6.07, 6.45) is 1.08. The molecule has 1 fully saturated rings. The molecule has 2 aromatic carbocycles. The average Bonchev–Trinajstić information content (AvgIpc) is 2.71. The van der Waals surface area contributed by atoms with E-state index in [9.17, 15) is 13.2 Å². The van der Waals surface area contributed by atoms with Crippen molar-refractivity contribution >= 4 is 27.5 Å². The number of ether oxygens (including phenoxy) is 1. The summed E-state index contributed by atoms with van der Waals surface area (Å²) in [5.41, 5.74) is 0.976. The van der Waals surface area contributed by atoms with Crippen LogP contribution in [0.4, 0.5) is 0 Å². The number of benzene rings is 2. The maximum Gasteiger partial charge on any atom is 0.263 e. The maximum absolute atomic E-state index is 12.9. The summed E-state index contributed by atoms with van der Waals surface area (Å²) in [5, 5.41) is 3.52. The molecule has 1 amide bonds. The van der Waals surface area contributed by atoms with Gasteiger partial charge in [0.2, 0.25) is 10.0 Å².